The number of rotatable bonds is 1. The van der Waals surface area contributed by atoms with Gasteiger partial charge in [0.2, 0.25) is 0 Å². The van der Waals surface area contributed by atoms with Crippen LogP contribution in [0.15, 0.2) is 18.6 Å². The zero-order valence-electron chi connectivity index (χ0n) is 8.52. The summed E-state index contributed by atoms with van der Waals surface area (Å²) in [6.07, 6.45) is 7.95. The van der Waals surface area contributed by atoms with Crippen molar-refractivity contribution in [3.05, 3.63) is 29.6 Å². The van der Waals surface area contributed by atoms with Gasteiger partial charge < -0.3 is 0 Å². The molecule has 0 radical (unpaired) electrons. The van der Waals surface area contributed by atoms with Gasteiger partial charge in [-0.25, -0.2) is 9.97 Å². The number of aromatic nitrogens is 3. The topological polar surface area (TPSA) is 30.2 Å². The maximum absolute atomic E-state index is 5.99. The van der Waals surface area contributed by atoms with Gasteiger partial charge in [0.15, 0.2) is 5.15 Å². The van der Waals surface area contributed by atoms with Gasteiger partial charge in [-0.05, 0) is 18.8 Å². The number of hydrogen-bond acceptors (Lipinski definition) is 2. The van der Waals surface area contributed by atoms with E-state index >= 15 is 0 Å². The lowest BCUT2D eigenvalue weighted by Crippen LogP contribution is -2.21. The van der Waals surface area contributed by atoms with Crippen LogP contribution in [0.5, 0.6) is 0 Å². The molecule has 2 heterocycles. The van der Waals surface area contributed by atoms with Crippen molar-refractivity contribution in [2.45, 2.75) is 25.7 Å². The summed E-state index contributed by atoms with van der Waals surface area (Å²) in [7, 11) is 0. The van der Waals surface area contributed by atoms with Gasteiger partial charge in [0.1, 0.15) is 11.3 Å². The fourth-order valence-electron chi connectivity index (χ4n) is 2.33. The minimum atomic E-state index is 0.531. The largest absolute Gasteiger partial charge is 0.299 e. The standard InChI is InChI=1S/C11H12ClN3/c1-7-4-8(5-7)11-14-6-9-10(12)13-2-3-15(9)11/h2-3,6-8H,4-5H2,1H3. The van der Waals surface area contributed by atoms with Crippen molar-refractivity contribution >= 4 is 17.1 Å². The van der Waals surface area contributed by atoms with E-state index in [1.54, 1.807) is 6.20 Å². The quantitative estimate of drug-likeness (QED) is 0.741. The second kappa shape index (κ2) is 3.20. The summed E-state index contributed by atoms with van der Waals surface area (Å²) < 4.78 is 2.06. The summed E-state index contributed by atoms with van der Waals surface area (Å²) in [4.78, 5) is 8.49. The molecule has 0 atom stereocenters. The first-order valence-corrected chi connectivity index (χ1v) is 5.61. The Hall–Kier alpha value is -1.09. The van der Waals surface area contributed by atoms with Crippen LogP contribution >= 0.6 is 11.6 Å². The van der Waals surface area contributed by atoms with Gasteiger partial charge in [0.05, 0.1) is 6.20 Å². The van der Waals surface area contributed by atoms with E-state index in [2.05, 4.69) is 21.3 Å². The minimum absolute atomic E-state index is 0.531. The van der Waals surface area contributed by atoms with Crippen LogP contribution in [0.1, 0.15) is 31.5 Å². The Labute approximate surface area is 93.1 Å². The van der Waals surface area contributed by atoms with Crippen LogP contribution in [0, 0.1) is 5.92 Å². The summed E-state index contributed by atoms with van der Waals surface area (Å²) in [5.74, 6) is 2.56. The predicted molar refractivity (Wildman–Crippen MR) is 59.1 cm³/mol. The molecule has 2 aromatic rings. The fraction of sp³-hybridized carbons (Fsp3) is 0.455. The molecule has 1 aliphatic carbocycles. The van der Waals surface area contributed by atoms with Crippen molar-refractivity contribution in [2.24, 2.45) is 5.92 Å². The highest BCUT2D eigenvalue weighted by Gasteiger charge is 2.30. The molecule has 78 valence electrons. The van der Waals surface area contributed by atoms with E-state index in [0.29, 0.717) is 11.1 Å². The third-order valence-corrected chi connectivity index (χ3v) is 3.47. The van der Waals surface area contributed by atoms with Crippen molar-refractivity contribution in [1.82, 2.24) is 14.4 Å². The zero-order valence-corrected chi connectivity index (χ0v) is 9.28. The molecule has 3 rings (SSSR count). The number of nitrogens with zero attached hydrogens (tertiary/aromatic N) is 3. The van der Waals surface area contributed by atoms with Gasteiger partial charge in [-0.2, -0.15) is 0 Å². The molecule has 0 N–H and O–H groups in total. The second-order valence-corrected chi connectivity index (χ2v) is 4.72. The number of imidazole rings is 1. The van der Waals surface area contributed by atoms with E-state index < -0.39 is 0 Å². The monoisotopic (exact) mass is 221 g/mol. The van der Waals surface area contributed by atoms with Gasteiger partial charge in [-0.3, -0.25) is 4.40 Å². The Morgan fingerprint density at radius 2 is 2.20 bits per heavy atom. The second-order valence-electron chi connectivity index (χ2n) is 4.36. The smallest absolute Gasteiger partial charge is 0.154 e. The van der Waals surface area contributed by atoms with Gasteiger partial charge in [-0.15, -0.1) is 0 Å². The third-order valence-electron chi connectivity index (χ3n) is 3.18. The SMILES string of the molecule is CC1CC(c2ncc3c(Cl)nccn23)C1. The Morgan fingerprint density at radius 1 is 1.40 bits per heavy atom. The Morgan fingerprint density at radius 3 is 2.93 bits per heavy atom. The fourth-order valence-corrected chi connectivity index (χ4v) is 2.53. The van der Waals surface area contributed by atoms with Crippen LogP contribution in [0.25, 0.3) is 5.52 Å². The van der Waals surface area contributed by atoms with Crippen LogP contribution in [0.2, 0.25) is 5.15 Å². The molecule has 1 aliphatic rings. The van der Waals surface area contributed by atoms with E-state index in [1.165, 1.54) is 12.8 Å². The highest BCUT2D eigenvalue weighted by Crippen LogP contribution is 2.40. The average Bonchev–Trinajstić information content (AvgIpc) is 2.58. The molecule has 0 bridgehead atoms. The van der Waals surface area contributed by atoms with Crippen LogP contribution < -0.4 is 0 Å². The van der Waals surface area contributed by atoms with Gasteiger partial charge in [0, 0.05) is 18.3 Å². The molecule has 4 heteroatoms. The molecular formula is C11H12ClN3. The summed E-state index contributed by atoms with van der Waals surface area (Å²) in [5, 5.41) is 0.531. The van der Waals surface area contributed by atoms with Crippen LogP contribution in [0.4, 0.5) is 0 Å². The third kappa shape index (κ3) is 1.34. The summed E-state index contributed by atoms with van der Waals surface area (Å²) in [6, 6.07) is 0. The molecule has 0 unspecified atom stereocenters. The molecule has 2 aromatic heterocycles. The molecule has 0 spiro atoms. The molecule has 0 aromatic carbocycles. The number of fused-ring (bicyclic) bond motifs is 1. The lowest BCUT2D eigenvalue weighted by atomic mass is 9.76. The van der Waals surface area contributed by atoms with E-state index in [1.807, 2.05) is 12.4 Å². The highest BCUT2D eigenvalue weighted by molar-refractivity contribution is 6.32. The molecule has 1 saturated carbocycles. The van der Waals surface area contributed by atoms with Gasteiger partial charge in [0.25, 0.3) is 0 Å². The molecule has 3 nitrogen and oxygen atoms in total. The summed E-state index contributed by atoms with van der Waals surface area (Å²) in [5.41, 5.74) is 0.911. The normalized spacial score (nSPS) is 25.5. The van der Waals surface area contributed by atoms with Crippen molar-refractivity contribution in [1.29, 1.82) is 0 Å². The molecular weight excluding hydrogens is 210 g/mol. The number of hydrogen-bond donors (Lipinski definition) is 0. The highest BCUT2D eigenvalue weighted by atomic mass is 35.5. The summed E-state index contributed by atoms with van der Waals surface area (Å²) >= 11 is 5.99. The first kappa shape index (κ1) is 9.16. The van der Waals surface area contributed by atoms with E-state index in [4.69, 9.17) is 11.6 Å². The first-order valence-electron chi connectivity index (χ1n) is 5.23. The molecule has 0 saturated heterocycles. The molecule has 0 amide bonds. The maximum atomic E-state index is 5.99. The van der Waals surface area contributed by atoms with Crippen molar-refractivity contribution < 1.29 is 0 Å². The Kier molecular flexibility index (Phi) is 1.96. The average molecular weight is 222 g/mol. The predicted octanol–water partition coefficient (Wildman–Crippen LogP) is 2.90. The first-order chi connectivity index (χ1) is 7.25. The lowest BCUT2D eigenvalue weighted by Gasteiger charge is -2.31. The zero-order chi connectivity index (χ0) is 10.4. The van der Waals surface area contributed by atoms with E-state index in [-0.39, 0.29) is 0 Å². The molecule has 15 heavy (non-hydrogen) atoms. The Balaban J connectivity index is 2.09. The number of halogens is 1. The minimum Gasteiger partial charge on any atom is -0.299 e. The maximum Gasteiger partial charge on any atom is 0.154 e. The van der Waals surface area contributed by atoms with Gasteiger partial charge in [-0.1, -0.05) is 18.5 Å². The van der Waals surface area contributed by atoms with Crippen LogP contribution in [0.3, 0.4) is 0 Å². The van der Waals surface area contributed by atoms with Crippen molar-refractivity contribution in [3.8, 4) is 0 Å². The van der Waals surface area contributed by atoms with E-state index in [0.717, 1.165) is 17.3 Å². The van der Waals surface area contributed by atoms with Crippen molar-refractivity contribution in [3.63, 3.8) is 0 Å². The molecule has 0 aliphatic heterocycles. The summed E-state index contributed by atoms with van der Waals surface area (Å²) in [6.45, 7) is 2.28. The Bertz CT molecular complexity index is 500. The van der Waals surface area contributed by atoms with Crippen LogP contribution in [-0.2, 0) is 0 Å². The molecule has 1 fully saturated rings. The van der Waals surface area contributed by atoms with E-state index in [9.17, 15) is 0 Å². The lowest BCUT2D eigenvalue weighted by molar-refractivity contribution is 0.277. The van der Waals surface area contributed by atoms with Crippen LogP contribution in [-0.4, -0.2) is 14.4 Å². The van der Waals surface area contributed by atoms with Crippen molar-refractivity contribution in [2.75, 3.05) is 0 Å². The van der Waals surface area contributed by atoms with Gasteiger partial charge >= 0.3 is 0 Å².